The van der Waals surface area contributed by atoms with Gasteiger partial charge >= 0.3 is 11.9 Å². The Labute approximate surface area is 96.9 Å². The van der Waals surface area contributed by atoms with Gasteiger partial charge in [-0.2, -0.15) is 0 Å². The first kappa shape index (κ1) is 12.1. The molecule has 0 aliphatic heterocycles. The molecule has 0 rings (SSSR count). The van der Waals surface area contributed by atoms with E-state index in [1.165, 1.54) is 0 Å². The van der Waals surface area contributed by atoms with Crippen molar-refractivity contribution < 1.29 is 19.1 Å². The van der Waals surface area contributed by atoms with Crippen LogP contribution in [0.5, 0.6) is 0 Å². The van der Waals surface area contributed by atoms with Gasteiger partial charge < -0.3 is 9.47 Å². The van der Waals surface area contributed by atoms with Crippen molar-refractivity contribution in [3.05, 3.63) is 12.2 Å². The lowest BCUT2D eigenvalue weighted by molar-refractivity contribution is -0.137. The quantitative estimate of drug-likeness (QED) is 0.312. The summed E-state index contributed by atoms with van der Waals surface area (Å²) in [6.07, 6.45) is 2.07. The van der Waals surface area contributed by atoms with Gasteiger partial charge in [0.1, 0.15) is 9.23 Å². The Kier molecular flexibility index (Phi) is 7.86. The van der Waals surface area contributed by atoms with E-state index in [1.807, 2.05) is 45.2 Å². The number of carbonyl (C=O) groups is 2. The van der Waals surface area contributed by atoms with E-state index in [0.29, 0.717) is 0 Å². The normalized spacial score (nSPS) is 9.83. The summed E-state index contributed by atoms with van der Waals surface area (Å²) in [7, 11) is 0. The van der Waals surface area contributed by atoms with Gasteiger partial charge in [-0.15, -0.1) is 0 Å². The van der Waals surface area contributed by atoms with E-state index in [2.05, 4.69) is 9.47 Å². The third kappa shape index (κ3) is 6.83. The van der Waals surface area contributed by atoms with Gasteiger partial charge in [-0.05, 0) is 45.2 Å². The molecule has 0 saturated heterocycles. The van der Waals surface area contributed by atoms with Crippen molar-refractivity contribution in [2.24, 2.45) is 0 Å². The number of alkyl halides is 2. The average Bonchev–Trinajstić information content (AvgIpc) is 2.02. The van der Waals surface area contributed by atoms with Crippen LogP contribution in [-0.2, 0) is 19.1 Å². The number of hydrogen-bond donors (Lipinski definition) is 0. The predicted molar refractivity (Wildman–Crippen MR) is 59.1 cm³/mol. The van der Waals surface area contributed by atoms with Crippen LogP contribution in [0, 0.1) is 0 Å². The van der Waals surface area contributed by atoms with Crippen molar-refractivity contribution in [1.82, 2.24) is 0 Å². The van der Waals surface area contributed by atoms with Crippen LogP contribution in [0.4, 0.5) is 0 Å². The second-order valence-electron chi connectivity index (χ2n) is 1.48. The molecule has 0 aliphatic rings. The monoisotopic (exact) mass is 396 g/mol. The molecule has 0 spiro atoms. The number of esters is 2. The van der Waals surface area contributed by atoms with Gasteiger partial charge in [-0.1, -0.05) is 0 Å². The summed E-state index contributed by atoms with van der Waals surface area (Å²) in [6, 6.07) is 0. The standard InChI is InChI=1S/C6H6I2O4/c7-3-11-5(9)1-2-6(10)12-4-8/h1-2H,3-4H2/b2-1+. The van der Waals surface area contributed by atoms with Crippen LogP contribution in [0.2, 0.25) is 0 Å². The van der Waals surface area contributed by atoms with Gasteiger partial charge in [0.2, 0.25) is 0 Å². The van der Waals surface area contributed by atoms with Crippen LogP contribution in [0.1, 0.15) is 0 Å². The zero-order valence-corrected chi connectivity index (χ0v) is 10.3. The highest BCUT2D eigenvalue weighted by molar-refractivity contribution is 14.1. The van der Waals surface area contributed by atoms with Gasteiger partial charge in [0.25, 0.3) is 0 Å². The average molecular weight is 396 g/mol. The van der Waals surface area contributed by atoms with E-state index in [4.69, 9.17) is 0 Å². The topological polar surface area (TPSA) is 52.6 Å². The molecule has 0 aromatic rings. The Morgan fingerprint density at radius 3 is 1.58 bits per heavy atom. The second-order valence-corrected chi connectivity index (χ2v) is 2.72. The fraction of sp³-hybridized carbons (Fsp3) is 0.333. The molecule has 0 N–H and O–H groups in total. The number of ether oxygens (including phenoxy) is 2. The largest absolute Gasteiger partial charge is 0.452 e. The number of hydrogen-bond acceptors (Lipinski definition) is 4. The first-order chi connectivity index (χ1) is 5.70. The van der Waals surface area contributed by atoms with Crippen LogP contribution >= 0.6 is 45.2 Å². The second kappa shape index (κ2) is 7.77. The molecule has 0 heterocycles. The maximum absolute atomic E-state index is 10.6. The Morgan fingerprint density at radius 1 is 1.00 bits per heavy atom. The van der Waals surface area contributed by atoms with Gasteiger partial charge in [-0.25, -0.2) is 9.59 Å². The van der Waals surface area contributed by atoms with Crippen LogP contribution < -0.4 is 0 Å². The van der Waals surface area contributed by atoms with Gasteiger partial charge in [0.15, 0.2) is 0 Å². The molecule has 0 amide bonds. The lowest BCUT2D eigenvalue weighted by atomic mass is 10.5. The molecule has 68 valence electrons. The summed E-state index contributed by atoms with van der Waals surface area (Å²) < 4.78 is 9.58. The molecule has 6 heteroatoms. The smallest absolute Gasteiger partial charge is 0.331 e. The Morgan fingerprint density at radius 2 is 1.33 bits per heavy atom. The van der Waals surface area contributed by atoms with Crippen molar-refractivity contribution >= 4 is 57.1 Å². The van der Waals surface area contributed by atoms with Crippen molar-refractivity contribution in [3.63, 3.8) is 0 Å². The maximum atomic E-state index is 10.6. The van der Waals surface area contributed by atoms with Gasteiger partial charge in [0, 0.05) is 12.2 Å². The number of rotatable bonds is 4. The molecule has 0 aromatic heterocycles. The SMILES string of the molecule is O=C(/C=C/C(=O)OCI)OCI. The summed E-state index contributed by atoms with van der Waals surface area (Å²) in [5.74, 6) is -1.09. The first-order valence-corrected chi connectivity index (χ1v) is 5.89. The van der Waals surface area contributed by atoms with Crippen LogP contribution in [0.25, 0.3) is 0 Å². The summed E-state index contributed by atoms with van der Waals surface area (Å²) >= 11 is 3.76. The van der Waals surface area contributed by atoms with Crippen molar-refractivity contribution in [3.8, 4) is 0 Å². The van der Waals surface area contributed by atoms with E-state index in [0.717, 1.165) is 12.2 Å². The lowest BCUT2D eigenvalue weighted by Gasteiger charge is -1.94. The number of carbonyl (C=O) groups excluding carboxylic acids is 2. The molecular formula is C6H6I2O4. The molecule has 0 atom stereocenters. The molecule has 12 heavy (non-hydrogen) atoms. The number of halogens is 2. The highest BCUT2D eigenvalue weighted by Gasteiger charge is 1.98. The summed E-state index contributed by atoms with van der Waals surface area (Å²) in [5.41, 5.74) is 0. The molecular weight excluding hydrogens is 390 g/mol. The molecule has 0 aliphatic carbocycles. The van der Waals surface area contributed by atoms with Crippen LogP contribution in [0.3, 0.4) is 0 Å². The third-order valence-electron chi connectivity index (χ3n) is 0.749. The summed E-state index contributed by atoms with van der Waals surface area (Å²) in [6.45, 7) is 0. The van der Waals surface area contributed by atoms with E-state index in [9.17, 15) is 9.59 Å². The van der Waals surface area contributed by atoms with Crippen molar-refractivity contribution in [2.45, 2.75) is 0 Å². The fourth-order valence-electron chi connectivity index (χ4n) is 0.340. The maximum Gasteiger partial charge on any atom is 0.331 e. The Hall–Kier alpha value is 0.140. The first-order valence-electron chi connectivity index (χ1n) is 2.84. The highest BCUT2D eigenvalue weighted by atomic mass is 127. The third-order valence-corrected chi connectivity index (χ3v) is 1.37. The van der Waals surface area contributed by atoms with E-state index in [-0.39, 0.29) is 9.23 Å². The molecule has 4 nitrogen and oxygen atoms in total. The fourth-order valence-corrected chi connectivity index (χ4v) is 0.954. The Bertz CT molecular complexity index is 170. The van der Waals surface area contributed by atoms with E-state index >= 15 is 0 Å². The molecule has 0 saturated carbocycles. The van der Waals surface area contributed by atoms with Crippen molar-refractivity contribution in [2.75, 3.05) is 9.23 Å². The summed E-state index contributed by atoms with van der Waals surface area (Å²) in [5, 5.41) is 0. The minimum absolute atomic E-state index is 0.266. The van der Waals surface area contributed by atoms with Crippen molar-refractivity contribution in [1.29, 1.82) is 0 Å². The molecule has 0 bridgehead atoms. The minimum Gasteiger partial charge on any atom is -0.452 e. The highest BCUT2D eigenvalue weighted by Crippen LogP contribution is 1.90. The molecule has 0 unspecified atom stereocenters. The zero-order valence-electron chi connectivity index (χ0n) is 5.96. The van der Waals surface area contributed by atoms with E-state index in [1.54, 1.807) is 0 Å². The Balaban J connectivity index is 3.73. The lowest BCUT2D eigenvalue weighted by Crippen LogP contribution is -2.02. The van der Waals surface area contributed by atoms with Gasteiger partial charge in [0.05, 0.1) is 0 Å². The van der Waals surface area contributed by atoms with Gasteiger partial charge in [-0.3, -0.25) is 0 Å². The molecule has 0 radical (unpaired) electrons. The molecule has 0 fully saturated rings. The predicted octanol–water partition coefficient (Wildman–Crippen LogP) is 1.41. The minimum atomic E-state index is -0.546. The summed E-state index contributed by atoms with van der Waals surface area (Å²) in [4.78, 5) is 21.3. The van der Waals surface area contributed by atoms with Crippen LogP contribution in [-0.4, -0.2) is 21.2 Å². The van der Waals surface area contributed by atoms with E-state index < -0.39 is 11.9 Å². The molecule has 0 aromatic carbocycles. The zero-order chi connectivity index (χ0) is 9.40. The van der Waals surface area contributed by atoms with Crippen LogP contribution in [0.15, 0.2) is 12.2 Å².